The van der Waals surface area contributed by atoms with E-state index in [1.54, 1.807) is 11.9 Å². The number of nitrogens with zero attached hydrogens (tertiary/aromatic N) is 3. The van der Waals surface area contributed by atoms with Crippen LogP contribution in [0.5, 0.6) is 0 Å². The van der Waals surface area contributed by atoms with Crippen molar-refractivity contribution in [2.75, 3.05) is 18.5 Å². The predicted octanol–water partition coefficient (Wildman–Crippen LogP) is 5.66. The van der Waals surface area contributed by atoms with Gasteiger partial charge in [-0.15, -0.1) is 0 Å². The fourth-order valence-electron chi connectivity index (χ4n) is 4.70. The molecule has 6 heteroatoms. The number of likely N-dealkylation sites (N-methyl/N-ethyl adjacent to an activating group) is 1. The van der Waals surface area contributed by atoms with E-state index in [0.29, 0.717) is 19.4 Å². The fourth-order valence-corrected chi connectivity index (χ4v) is 4.70. The monoisotopic (exact) mass is 516 g/mol. The number of rotatable bonds is 10. The molecule has 0 aliphatic rings. The summed E-state index contributed by atoms with van der Waals surface area (Å²) in [5.41, 5.74) is 5.93. The minimum atomic E-state index is -0.0165. The molecule has 0 atom stereocenters. The van der Waals surface area contributed by atoms with Crippen molar-refractivity contribution < 1.29 is 9.59 Å². The van der Waals surface area contributed by atoms with Crippen LogP contribution in [0.15, 0.2) is 109 Å². The Bertz CT molecular complexity index is 1540. The number of carbonyl (C=O) groups excluding carboxylic acids is 2. The Morgan fingerprint density at radius 2 is 1.44 bits per heavy atom. The molecule has 5 aromatic rings. The van der Waals surface area contributed by atoms with Crippen molar-refractivity contribution in [3.63, 3.8) is 0 Å². The van der Waals surface area contributed by atoms with E-state index in [1.165, 1.54) is 0 Å². The minimum Gasteiger partial charge on any atom is -0.356 e. The summed E-state index contributed by atoms with van der Waals surface area (Å²) in [6.45, 7) is 0.745. The van der Waals surface area contributed by atoms with Gasteiger partial charge in [0.05, 0.1) is 17.5 Å². The molecule has 1 N–H and O–H groups in total. The molecular weight excluding hydrogens is 484 g/mol. The number of aryl methyl sites for hydroxylation is 1. The zero-order valence-electron chi connectivity index (χ0n) is 22.1. The largest absolute Gasteiger partial charge is 0.356 e. The lowest BCUT2D eigenvalue weighted by molar-refractivity contribution is -0.120. The van der Waals surface area contributed by atoms with Crippen molar-refractivity contribution in [2.24, 2.45) is 0 Å². The summed E-state index contributed by atoms with van der Waals surface area (Å²) in [6.07, 6.45) is 1.72. The quantitative estimate of drug-likeness (QED) is 0.244. The maximum atomic E-state index is 13.1. The first kappa shape index (κ1) is 25.9. The number of imidazole rings is 1. The van der Waals surface area contributed by atoms with Crippen molar-refractivity contribution in [3.05, 3.63) is 121 Å². The van der Waals surface area contributed by atoms with Gasteiger partial charge in [-0.1, -0.05) is 84.9 Å². The van der Waals surface area contributed by atoms with E-state index in [9.17, 15) is 9.59 Å². The van der Waals surface area contributed by atoms with Gasteiger partial charge in [0, 0.05) is 25.7 Å². The summed E-state index contributed by atoms with van der Waals surface area (Å²) in [5.74, 6) is 0.824. The Labute approximate surface area is 228 Å². The third-order valence-electron chi connectivity index (χ3n) is 6.87. The third-order valence-corrected chi connectivity index (χ3v) is 6.87. The van der Waals surface area contributed by atoms with Crippen LogP contribution in [-0.4, -0.2) is 35.0 Å². The second-order valence-corrected chi connectivity index (χ2v) is 9.58. The molecule has 0 unspecified atom stereocenters. The lowest BCUT2D eigenvalue weighted by atomic mass is 10.0. The van der Waals surface area contributed by atoms with Crippen LogP contribution in [0.2, 0.25) is 0 Å². The van der Waals surface area contributed by atoms with Gasteiger partial charge in [0.15, 0.2) is 0 Å². The lowest BCUT2D eigenvalue weighted by Gasteiger charge is -2.18. The minimum absolute atomic E-state index is 0.00405. The molecule has 196 valence electrons. The second kappa shape index (κ2) is 12.2. The molecule has 39 heavy (non-hydrogen) atoms. The van der Waals surface area contributed by atoms with Crippen LogP contribution in [0, 0.1) is 0 Å². The Balaban J connectivity index is 1.17. The second-order valence-electron chi connectivity index (χ2n) is 9.58. The normalized spacial score (nSPS) is 10.9. The molecule has 0 aliphatic heterocycles. The number of aromatic nitrogens is 2. The highest BCUT2D eigenvalue weighted by atomic mass is 16.2. The molecule has 1 heterocycles. The molecule has 1 aromatic heterocycles. The third kappa shape index (κ3) is 6.41. The van der Waals surface area contributed by atoms with Crippen LogP contribution in [0.4, 0.5) is 5.69 Å². The molecule has 6 nitrogen and oxygen atoms in total. The molecule has 0 fully saturated rings. The summed E-state index contributed by atoms with van der Waals surface area (Å²) in [7, 11) is 1.79. The van der Waals surface area contributed by atoms with Crippen molar-refractivity contribution >= 4 is 28.5 Å². The highest BCUT2D eigenvalue weighted by molar-refractivity contribution is 5.93. The van der Waals surface area contributed by atoms with Crippen molar-refractivity contribution in [3.8, 4) is 11.1 Å². The summed E-state index contributed by atoms with van der Waals surface area (Å²) >= 11 is 0. The first-order chi connectivity index (χ1) is 19.1. The smallest absolute Gasteiger partial charge is 0.246 e. The number of amides is 2. The number of fused-ring (bicyclic) bond motifs is 1. The van der Waals surface area contributed by atoms with E-state index in [-0.39, 0.29) is 18.4 Å². The van der Waals surface area contributed by atoms with Gasteiger partial charge in [0.1, 0.15) is 12.4 Å². The molecule has 2 amide bonds. The van der Waals surface area contributed by atoms with E-state index in [0.717, 1.165) is 45.7 Å². The van der Waals surface area contributed by atoms with Crippen LogP contribution in [0.1, 0.15) is 17.8 Å². The highest BCUT2D eigenvalue weighted by Crippen LogP contribution is 2.20. The molecule has 0 spiro atoms. The molecule has 0 bridgehead atoms. The van der Waals surface area contributed by atoms with Crippen LogP contribution >= 0.6 is 0 Å². The standard InChI is InChI=1S/C33H32N4O2/c1-36(28-13-6-3-7-14-28)33(39)24-37-30-16-9-8-15-29(30)35-31(37)17-10-22-34-32(38)23-25-18-20-27(21-19-25)26-11-4-2-5-12-26/h2-9,11-16,18-21H,10,17,22-24H2,1H3,(H,34,38). The van der Waals surface area contributed by atoms with Crippen molar-refractivity contribution in [1.29, 1.82) is 0 Å². The number of hydrogen-bond donors (Lipinski definition) is 1. The van der Waals surface area contributed by atoms with Crippen LogP contribution < -0.4 is 10.2 Å². The van der Waals surface area contributed by atoms with E-state index in [4.69, 9.17) is 4.98 Å². The molecule has 5 rings (SSSR count). The maximum absolute atomic E-state index is 13.1. The van der Waals surface area contributed by atoms with Gasteiger partial charge in [-0.2, -0.15) is 0 Å². The average Bonchev–Trinajstić information content (AvgIpc) is 3.33. The summed E-state index contributed by atoms with van der Waals surface area (Å²) in [4.78, 5) is 32.1. The van der Waals surface area contributed by atoms with Gasteiger partial charge in [-0.05, 0) is 47.4 Å². The SMILES string of the molecule is CN(C(=O)Cn1c(CCCNC(=O)Cc2ccc(-c3ccccc3)cc2)nc2ccccc21)c1ccccc1. The first-order valence-corrected chi connectivity index (χ1v) is 13.3. The van der Waals surface area contributed by atoms with E-state index >= 15 is 0 Å². The zero-order chi connectivity index (χ0) is 27.0. The summed E-state index contributed by atoms with van der Waals surface area (Å²) < 4.78 is 1.99. The Kier molecular flexibility index (Phi) is 8.12. The van der Waals surface area contributed by atoms with Gasteiger partial charge in [-0.25, -0.2) is 4.98 Å². The molecule has 0 saturated heterocycles. The summed E-state index contributed by atoms with van der Waals surface area (Å²) in [6, 6.07) is 35.8. The van der Waals surface area contributed by atoms with Crippen LogP contribution in [0.3, 0.4) is 0 Å². The van der Waals surface area contributed by atoms with Gasteiger partial charge >= 0.3 is 0 Å². The number of nitrogens with one attached hydrogen (secondary N) is 1. The molecule has 4 aromatic carbocycles. The van der Waals surface area contributed by atoms with Crippen LogP contribution in [-0.2, 0) is 29.0 Å². The maximum Gasteiger partial charge on any atom is 0.246 e. The van der Waals surface area contributed by atoms with Crippen molar-refractivity contribution in [1.82, 2.24) is 14.9 Å². The lowest BCUT2D eigenvalue weighted by Crippen LogP contribution is -2.30. The fraction of sp³-hybridized carbons (Fsp3) is 0.182. The predicted molar refractivity (Wildman–Crippen MR) is 156 cm³/mol. The average molecular weight is 517 g/mol. The zero-order valence-corrected chi connectivity index (χ0v) is 22.1. The molecule has 0 saturated carbocycles. The Hall–Kier alpha value is -4.71. The van der Waals surface area contributed by atoms with Gasteiger partial charge in [-0.3, -0.25) is 9.59 Å². The Morgan fingerprint density at radius 1 is 0.795 bits per heavy atom. The van der Waals surface area contributed by atoms with Crippen molar-refractivity contribution in [2.45, 2.75) is 25.8 Å². The van der Waals surface area contributed by atoms with E-state index in [2.05, 4.69) is 29.6 Å². The number of anilines is 1. The molecule has 0 radical (unpaired) electrons. The molecular formula is C33H32N4O2. The molecule has 0 aliphatic carbocycles. The number of carbonyl (C=O) groups is 2. The topological polar surface area (TPSA) is 67.2 Å². The van der Waals surface area contributed by atoms with Crippen LogP contribution in [0.25, 0.3) is 22.2 Å². The number of benzene rings is 4. The van der Waals surface area contributed by atoms with Gasteiger partial charge < -0.3 is 14.8 Å². The van der Waals surface area contributed by atoms with E-state index < -0.39 is 0 Å². The Morgan fingerprint density at radius 3 is 2.18 bits per heavy atom. The van der Waals surface area contributed by atoms with E-state index in [1.807, 2.05) is 89.5 Å². The van der Waals surface area contributed by atoms with Gasteiger partial charge in [0.2, 0.25) is 11.8 Å². The number of para-hydroxylation sites is 3. The number of hydrogen-bond acceptors (Lipinski definition) is 3. The first-order valence-electron chi connectivity index (χ1n) is 13.3. The van der Waals surface area contributed by atoms with Gasteiger partial charge in [0.25, 0.3) is 0 Å². The highest BCUT2D eigenvalue weighted by Gasteiger charge is 2.17. The summed E-state index contributed by atoms with van der Waals surface area (Å²) in [5, 5.41) is 3.03.